The molecule has 0 aliphatic rings. The Morgan fingerprint density at radius 1 is 1.30 bits per heavy atom. The topological polar surface area (TPSA) is 140 Å². The maximum Gasteiger partial charge on any atom is 0.488 e. The van der Waals surface area contributed by atoms with Gasteiger partial charge in [0.25, 0.3) is 0 Å². The van der Waals surface area contributed by atoms with E-state index in [4.69, 9.17) is 5.11 Å². The molecule has 0 aliphatic carbocycles. The Labute approximate surface area is 155 Å². The van der Waals surface area contributed by atoms with Crippen LogP contribution >= 0.6 is 0 Å². The maximum atomic E-state index is 12.3. The van der Waals surface area contributed by atoms with E-state index < -0.39 is 19.1 Å². The van der Waals surface area contributed by atoms with Gasteiger partial charge in [-0.15, -0.1) is 0 Å². The summed E-state index contributed by atoms with van der Waals surface area (Å²) >= 11 is 0. The van der Waals surface area contributed by atoms with E-state index in [9.17, 15) is 24.4 Å². The molecule has 0 saturated heterocycles. The molecule has 1 aromatic heterocycles. The lowest BCUT2D eigenvalue weighted by Gasteiger charge is -2.17. The molecule has 1 aromatic carbocycles. The molecule has 0 fully saturated rings. The first-order valence-corrected chi connectivity index (χ1v) is 8.29. The van der Waals surface area contributed by atoms with Crippen LogP contribution in [0.3, 0.4) is 0 Å². The van der Waals surface area contributed by atoms with Crippen LogP contribution in [0.25, 0.3) is 10.9 Å². The summed E-state index contributed by atoms with van der Waals surface area (Å²) in [5.41, 5.74) is 0.941. The van der Waals surface area contributed by atoms with Crippen LogP contribution in [0.15, 0.2) is 30.3 Å². The fourth-order valence-electron chi connectivity index (χ4n) is 2.59. The number of rotatable bonds is 9. The molecule has 27 heavy (non-hydrogen) atoms. The molecule has 0 unspecified atom stereocenters. The van der Waals surface area contributed by atoms with Gasteiger partial charge in [0.15, 0.2) is 0 Å². The van der Waals surface area contributed by atoms with Crippen molar-refractivity contribution in [2.45, 2.75) is 25.3 Å². The van der Waals surface area contributed by atoms with Gasteiger partial charge in [-0.1, -0.05) is 12.1 Å². The van der Waals surface area contributed by atoms with Crippen molar-refractivity contribution in [3.8, 4) is 0 Å². The number of fused-ring (bicyclic) bond motifs is 1. The Morgan fingerprint density at radius 3 is 2.67 bits per heavy atom. The molecule has 0 aliphatic heterocycles. The fourth-order valence-corrected chi connectivity index (χ4v) is 2.59. The lowest BCUT2D eigenvalue weighted by Crippen LogP contribution is -2.36. The molecular weight excluding hydrogens is 353 g/mol. The predicted molar refractivity (Wildman–Crippen MR) is 99.5 cm³/mol. The minimum absolute atomic E-state index is 0.107. The molecule has 2 aromatic rings. The zero-order valence-electron chi connectivity index (χ0n) is 14.7. The van der Waals surface area contributed by atoms with Crippen molar-refractivity contribution < 1.29 is 29.5 Å². The summed E-state index contributed by atoms with van der Waals surface area (Å²) in [7, 11) is 0.00223. The summed E-state index contributed by atoms with van der Waals surface area (Å²) in [5, 5.41) is 30.3. The Bertz CT molecular complexity index is 845. The summed E-state index contributed by atoms with van der Waals surface area (Å²) in [6.45, 7) is 0. The van der Waals surface area contributed by atoms with Gasteiger partial charge in [-0.25, -0.2) is 9.78 Å². The first-order chi connectivity index (χ1) is 12.8. The van der Waals surface area contributed by atoms with Gasteiger partial charge in [0.05, 0.1) is 5.52 Å². The van der Waals surface area contributed by atoms with Crippen molar-refractivity contribution in [1.29, 1.82) is 0 Å². The summed E-state index contributed by atoms with van der Waals surface area (Å²) in [6.07, 6.45) is 0.875. The Balaban J connectivity index is 2.02. The van der Waals surface area contributed by atoms with Crippen LogP contribution in [0.4, 0.5) is 5.82 Å². The van der Waals surface area contributed by atoms with Crippen LogP contribution in [-0.4, -0.2) is 58.6 Å². The number of hydrogen-bond acceptors (Lipinski definition) is 6. The fraction of sp³-hybridized carbons (Fsp3) is 0.294. The van der Waals surface area contributed by atoms with Gasteiger partial charge in [0, 0.05) is 13.5 Å². The lowest BCUT2D eigenvalue weighted by atomic mass is 9.80. The van der Waals surface area contributed by atoms with E-state index >= 15 is 0 Å². The first kappa shape index (κ1) is 20.3. The molecule has 9 nitrogen and oxygen atoms in total. The number of carboxylic acid groups (broad SMARTS) is 1. The zero-order chi connectivity index (χ0) is 20.0. The van der Waals surface area contributed by atoms with E-state index in [2.05, 4.69) is 10.3 Å². The van der Waals surface area contributed by atoms with E-state index in [-0.39, 0.29) is 18.7 Å². The molecule has 1 atom stereocenters. The van der Waals surface area contributed by atoms with Crippen molar-refractivity contribution in [1.82, 2.24) is 10.3 Å². The average Bonchev–Trinajstić information content (AvgIpc) is 2.65. The number of carbonyl (C=O) groups excluding carboxylic acids is 2. The molecule has 0 bridgehead atoms. The Hall–Kier alpha value is -2.98. The van der Waals surface area contributed by atoms with E-state index in [0.717, 1.165) is 0 Å². The van der Waals surface area contributed by atoms with Gasteiger partial charge in [-0.05, 0) is 41.9 Å². The number of aliphatic carboxylic acids is 1. The number of aromatic nitrogens is 1. The monoisotopic (exact) mass is 373 g/mol. The van der Waals surface area contributed by atoms with Crippen molar-refractivity contribution >= 4 is 47.6 Å². The van der Waals surface area contributed by atoms with Crippen molar-refractivity contribution in [3.63, 3.8) is 0 Å². The molecule has 2 amide bonds. The van der Waals surface area contributed by atoms with Crippen LogP contribution in [0.1, 0.15) is 19.3 Å². The summed E-state index contributed by atoms with van der Waals surface area (Å²) in [5.74, 6) is -0.962. The largest absolute Gasteiger partial charge is 0.488 e. The minimum Gasteiger partial charge on any atom is -0.480 e. The number of anilines is 1. The predicted octanol–water partition coefficient (Wildman–Crippen LogP) is -0.753. The Kier molecular flexibility index (Phi) is 6.86. The second-order valence-electron chi connectivity index (χ2n) is 6.02. The lowest BCUT2D eigenvalue weighted by molar-refractivity contribution is -0.140. The van der Waals surface area contributed by atoms with Gasteiger partial charge in [0.2, 0.25) is 12.3 Å². The van der Waals surface area contributed by atoms with Gasteiger partial charge >= 0.3 is 13.1 Å². The number of benzene rings is 1. The SMILES string of the molecule is CN(C(=O)CCC[C@H](NC=O)C(=O)O)c1ccc2cc(B(O)O)ccc2n1. The van der Waals surface area contributed by atoms with Gasteiger partial charge < -0.3 is 20.5 Å². The second-order valence-corrected chi connectivity index (χ2v) is 6.02. The number of carbonyl (C=O) groups is 3. The Morgan fingerprint density at radius 2 is 2.04 bits per heavy atom. The number of carboxylic acids is 1. The number of nitrogens with zero attached hydrogens (tertiary/aromatic N) is 2. The van der Waals surface area contributed by atoms with Crippen LogP contribution in [-0.2, 0) is 14.4 Å². The molecule has 10 heteroatoms. The number of hydrogen-bond donors (Lipinski definition) is 4. The third-order valence-electron chi connectivity index (χ3n) is 4.17. The molecule has 0 saturated carbocycles. The average molecular weight is 373 g/mol. The third-order valence-corrected chi connectivity index (χ3v) is 4.17. The van der Waals surface area contributed by atoms with Gasteiger partial charge in [-0.3, -0.25) is 14.5 Å². The quantitative estimate of drug-likeness (QED) is 0.335. The van der Waals surface area contributed by atoms with E-state index in [1.165, 1.54) is 11.0 Å². The smallest absolute Gasteiger partial charge is 0.480 e. The molecular formula is C17H20BN3O6. The highest BCUT2D eigenvalue weighted by atomic mass is 16.4. The van der Waals surface area contributed by atoms with Crippen LogP contribution in [0.5, 0.6) is 0 Å². The maximum absolute atomic E-state index is 12.3. The number of amides is 2. The summed E-state index contributed by atoms with van der Waals surface area (Å²) in [4.78, 5) is 39.4. The highest BCUT2D eigenvalue weighted by Crippen LogP contribution is 2.18. The molecule has 142 valence electrons. The van der Waals surface area contributed by atoms with E-state index in [1.54, 1.807) is 31.3 Å². The highest BCUT2D eigenvalue weighted by Gasteiger charge is 2.18. The zero-order valence-corrected chi connectivity index (χ0v) is 14.7. The van der Waals surface area contributed by atoms with E-state index in [1.807, 2.05) is 0 Å². The third kappa shape index (κ3) is 5.25. The highest BCUT2D eigenvalue weighted by molar-refractivity contribution is 6.58. The standard InChI is InChI=1S/C17H20BN3O6/c1-21(16(23)4-2-3-14(17(24)25)19-10-22)15-8-5-11-9-12(18(26)27)6-7-13(11)20-15/h5-10,14,26-27H,2-4H2,1H3,(H,19,22)(H,24,25)/t14-/m0/s1. The number of nitrogens with one attached hydrogen (secondary N) is 1. The molecule has 4 N–H and O–H groups in total. The number of pyridine rings is 1. The minimum atomic E-state index is -1.57. The summed E-state index contributed by atoms with van der Waals surface area (Å²) < 4.78 is 0. The van der Waals surface area contributed by atoms with E-state index in [0.29, 0.717) is 35.0 Å². The van der Waals surface area contributed by atoms with Gasteiger partial charge in [0.1, 0.15) is 11.9 Å². The normalized spacial score (nSPS) is 11.7. The second kappa shape index (κ2) is 9.10. The van der Waals surface area contributed by atoms with Crippen LogP contribution in [0, 0.1) is 0 Å². The molecule has 1 heterocycles. The summed E-state index contributed by atoms with van der Waals surface area (Å²) in [6, 6.07) is 7.12. The molecule has 0 spiro atoms. The van der Waals surface area contributed by atoms with Crippen molar-refractivity contribution in [3.05, 3.63) is 30.3 Å². The van der Waals surface area contributed by atoms with Crippen LogP contribution < -0.4 is 15.7 Å². The van der Waals surface area contributed by atoms with Crippen molar-refractivity contribution in [2.24, 2.45) is 0 Å². The van der Waals surface area contributed by atoms with Gasteiger partial charge in [-0.2, -0.15) is 0 Å². The molecule has 0 radical (unpaired) electrons. The van der Waals surface area contributed by atoms with Crippen molar-refractivity contribution in [2.75, 3.05) is 11.9 Å². The first-order valence-electron chi connectivity index (χ1n) is 8.29. The van der Waals surface area contributed by atoms with Crippen LogP contribution in [0.2, 0.25) is 0 Å². The molecule has 2 rings (SSSR count).